The number of fused-ring (bicyclic) bond motifs is 11. The quantitative estimate of drug-likeness (QED) is 0.0965. The van der Waals surface area contributed by atoms with Crippen molar-refractivity contribution in [1.29, 1.82) is 0 Å². The van der Waals surface area contributed by atoms with Gasteiger partial charge in [-0.3, -0.25) is 0 Å². The second-order valence-corrected chi connectivity index (χ2v) is 20.5. The number of hydrogen-bond donors (Lipinski definition) is 0. The molecule has 55 heavy (non-hydrogen) atoms. The molecule has 0 unspecified atom stereocenters. The van der Waals surface area contributed by atoms with Crippen molar-refractivity contribution >= 4 is 96.4 Å². The summed E-state index contributed by atoms with van der Waals surface area (Å²) in [6.45, 7) is 0. The number of hydrogen-bond acceptors (Lipinski definition) is 1. The molecule has 0 saturated heterocycles. The molecule has 0 aliphatic rings. The van der Waals surface area contributed by atoms with Crippen molar-refractivity contribution in [1.82, 2.24) is 9.38 Å². The first-order valence-corrected chi connectivity index (χ1v) is 22.6. The Labute approximate surface area is 326 Å². The third-order valence-corrected chi connectivity index (χ3v) is 18.2. The molecule has 9 aromatic carbocycles. The van der Waals surface area contributed by atoms with Gasteiger partial charge in [-0.2, -0.15) is 0 Å². The van der Waals surface area contributed by atoms with Crippen LogP contribution in [0.2, 0.25) is 0 Å². The molecule has 0 aliphatic carbocycles. The molecule has 2 nitrogen and oxygen atoms in total. The van der Waals surface area contributed by atoms with Crippen molar-refractivity contribution in [3.63, 3.8) is 0 Å². The van der Waals surface area contributed by atoms with E-state index in [1.165, 1.54) is 70.5 Å². The summed E-state index contributed by atoms with van der Waals surface area (Å²) in [6.07, 6.45) is 0. The van der Waals surface area contributed by atoms with E-state index in [0.29, 0.717) is 0 Å². The summed E-state index contributed by atoms with van der Waals surface area (Å²) in [6, 6.07) is 73.3. The Kier molecular flexibility index (Phi) is 7.51. The van der Waals surface area contributed by atoms with Crippen molar-refractivity contribution in [2.24, 2.45) is 0 Å². The van der Waals surface area contributed by atoms with Crippen LogP contribution in [0.15, 0.2) is 200 Å². The van der Waals surface area contributed by atoms with Gasteiger partial charge in [-0.15, -0.1) is 0 Å². The van der Waals surface area contributed by atoms with E-state index in [-0.39, 0.29) is 0 Å². The summed E-state index contributed by atoms with van der Waals surface area (Å²) >= 11 is 3.79. The summed E-state index contributed by atoms with van der Waals surface area (Å²) in [7, 11) is 0. The minimum atomic E-state index is -2.10. The zero-order valence-electron chi connectivity index (χ0n) is 29.8. The van der Waals surface area contributed by atoms with Crippen molar-refractivity contribution < 1.29 is 0 Å². The second kappa shape index (κ2) is 12.8. The minimum absolute atomic E-state index is 0.982. The molecule has 0 amide bonds. The van der Waals surface area contributed by atoms with Crippen LogP contribution in [0.5, 0.6) is 0 Å². The fraction of sp³-hybridized carbons (Fsp3) is 0. The molecular weight excluding hydrogens is 751 g/mol. The Hall–Kier alpha value is -6.08. The predicted molar refractivity (Wildman–Crippen MR) is 238 cm³/mol. The first-order chi connectivity index (χ1) is 27.1. The first kappa shape index (κ1) is 32.4. The van der Waals surface area contributed by atoms with Crippen molar-refractivity contribution in [3.8, 4) is 22.3 Å². The summed E-state index contributed by atoms with van der Waals surface area (Å²) < 4.78 is 2.40. The van der Waals surface area contributed by atoms with Crippen LogP contribution in [0.4, 0.5) is 0 Å². The normalized spacial score (nSPS) is 12.1. The fourth-order valence-electron chi connectivity index (χ4n) is 8.50. The average molecular weight is 784 g/mol. The van der Waals surface area contributed by atoms with E-state index in [4.69, 9.17) is 4.98 Å². The van der Waals surface area contributed by atoms with Gasteiger partial charge in [0.05, 0.1) is 0 Å². The van der Waals surface area contributed by atoms with Gasteiger partial charge in [0, 0.05) is 0 Å². The van der Waals surface area contributed by atoms with Gasteiger partial charge in [0.2, 0.25) is 0 Å². The molecule has 2 heterocycles. The Bertz CT molecular complexity index is 3290. The van der Waals surface area contributed by atoms with Gasteiger partial charge in [-0.25, -0.2) is 0 Å². The molecule has 0 radical (unpaired) electrons. The summed E-state index contributed by atoms with van der Waals surface area (Å²) in [4.78, 5) is 5.35. The van der Waals surface area contributed by atoms with Gasteiger partial charge in [-0.1, -0.05) is 42.5 Å². The van der Waals surface area contributed by atoms with E-state index in [1.807, 2.05) is 0 Å². The van der Waals surface area contributed by atoms with Crippen LogP contribution in [-0.4, -0.2) is 24.5 Å². The molecule has 0 bridgehead atoms. The van der Waals surface area contributed by atoms with Crippen molar-refractivity contribution in [2.75, 3.05) is 0 Å². The van der Waals surface area contributed by atoms with Crippen LogP contribution in [-0.2, 0) is 0 Å². The number of rotatable bonds is 5. The maximum absolute atomic E-state index is 5.35. The van der Waals surface area contributed by atoms with Crippen LogP contribution < -0.4 is 15.9 Å². The molecule has 0 saturated carbocycles. The van der Waals surface area contributed by atoms with Crippen LogP contribution in [0.25, 0.3) is 82.2 Å². The monoisotopic (exact) mass is 784 g/mol. The average Bonchev–Trinajstić information content (AvgIpc) is 3.65. The third-order valence-electron chi connectivity index (χ3n) is 11.2. The van der Waals surface area contributed by atoms with Gasteiger partial charge in [0.25, 0.3) is 0 Å². The SMILES string of the molecule is [Se]=P(c1ccccc1)(c1ccccc1)c1ccc2c(c1)c1c3ccccc3ccc1c1nc3ccc(-c4ccc5cc(-c6ccccc6)ccc5c4)cc3n21. The zero-order valence-corrected chi connectivity index (χ0v) is 32.4. The Morgan fingerprint density at radius 2 is 0.964 bits per heavy atom. The standard InChI is InChI=1S/C51H33N2PSe/c55-54(41-15-6-2-7-16-41,42-17-8-3-9-18-42)43-26-29-48-46(33-43)50-44-19-11-10-14-35(44)24-27-45(50)51-52-47-28-25-40(32-49(47)53(48)51)39-23-22-37-30-36(20-21-38(37)31-39)34-12-4-1-5-13-34/h1-33H. The molecule has 0 atom stereocenters. The summed E-state index contributed by atoms with van der Waals surface area (Å²) in [5.41, 5.74) is 6.96. The molecule has 4 heteroatoms. The van der Waals surface area contributed by atoms with E-state index in [1.54, 1.807) is 0 Å². The van der Waals surface area contributed by atoms with Crippen LogP contribution >= 0.6 is 5.51 Å². The van der Waals surface area contributed by atoms with Gasteiger partial charge in [0.15, 0.2) is 0 Å². The van der Waals surface area contributed by atoms with E-state index in [2.05, 4.69) is 220 Å². The number of benzene rings is 9. The second-order valence-electron chi connectivity index (χ2n) is 14.3. The number of aromatic nitrogens is 2. The molecule has 0 aliphatic heterocycles. The summed E-state index contributed by atoms with van der Waals surface area (Å²) in [5, 5.41) is 12.5. The first-order valence-electron chi connectivity index (χ1n) is 18.6. The van der Waals surface area contributed by atoms with Crippen LogP contribution in [0.1, 0.15) is 0 Å². The molecule has 2 aromatic heterocycles. The van der Waals surface area contributed by atoms with E-state index in [9.17, 15) is 0 Å². The maximum atomic E-state index is 5.35. The van der Waals surface area contributed by atoms with Crippen LogP contribution in [0, 0.1) is 0 Å². The van der Waals surface area contributed by atoms with Crippen molar-refractivity contribution in [2.45, 2.75) is 0 Å². The van der Waals surface area contributed by atoms with Gasteiger partial charge >= 0.3 is 263 Å². The van der Waals surface area contributed by atoms with E-state index < -0.39 is 5.51 Å². The van der Waals surface area contributed by atoms with Gasteiger partial charge in [-0.05, 0) is 22.6 Å². The van der Waals surface area contributed by atoms with Crippen LogP contribution in [0.3, 0.4) is 0 Å². The van der Waals surface area contributed by atoms with E-state index in [0.717, 1.165) is 27.6 Å². The fourth-order valence-corrected chi connectivity index (χ4v) is 13.4. The number of imidazole rings is 1. The Morgan fingerprint density at radius 3 is 1.67 bits per heavy atom. The zero-order chi connectivity index (χ0) is 36.5. The molecule has 0 fully saturated rings. The third kappa shape index (κ3) is 5.16. The molecule has 11 aromatic rings. The molecule has 258 valence electrons. The van der Waals surface area contributed by atoms with Gasteiger partial charge < -0.3 is 0 Å². The van der Waals surface area contributed by atoms with Gasteiger partial charge in [0.1, 0.15) is 0 Å². The molecule has 0 spiro atoms. The predicted octanol–water partition coefficient (Wildman–Crippen LogP) is 11.8. The Morgan fingerprint density at radius 1 is 0.382 bits per heavy atom. The Balaban J connectivity index is 1.16. The molecule has 11 rings (SSSR count). The molecular formula is C51H33N2PSe. The summed E-state index contributed by atoms with van der Waals surface area (Å²) in [5.74, 6) is 0. The number of pyridine rings is 1. The number of nitrogens with zero attached hydrogens (tertiary/aromatic N) is 2. The van der Waals surface area contributed by atoms with Crippen molar-refractivity contribution in [3.05, 3.63) is 200 Å². The molecule has 0 N–H and O–H groups in total. The topological polar surface area (TPSA) is 17.3 Å². The van der Waals surface area contributed by atoms with E-state index >= 15 is 0 Å².